The third-order valence-electron chi connectivity index (χ3n) is 6.03. The summed E-state index contributed by atoms with van der Waals surface area (Å²) in [5, 5.41) is 0.982. The molecule has 1 aliphatic rings. The molecule has 0 aliphatic carbocycles. The maximum atomic E-state index is 5.67. The van der Waals surface area contributed by atoms with E-state index in [0.29, 0.717) is 19.0 Å². The van der Waals surface area contributed by atoms with Crippen LogP contribution in [-0.4, -0.2) is 64.8 Å². The fraction of sp³-hybridized carbons (Fsp3) is 0.318. The summed E-state index contributed by atoms with van der Waals surface area (Å²) in [5.74, 6) is 2.39. The van der Waals surface area contributed by atoms with E-state index in [1.165, 1.54) is 0 Å². The fourth-order valence-corrected chi connectivity index (χ4v) is 4.44. The molecule has 0 bridgehead atoms. The summed E-state index contributed by atoms with van der Waals surface area (Å²) in [6, 6.07) is 4.15. The first-order valence-electron chi connectivity index (χ1n) is 10.6. The van der Waals surface area contributed by atoms with E-state index in [-0.39, 0.29) is 6.04 Å². The van der Waals surface area contributed by atoms with Crippen molar-refractivity contribution < 1.29 is 4.74 Å². The molecule has 1 atom stereocenters. The molecule has 32 heavy (non-hydrogen) atoms. The van der Waals surface area contributed by atoms with Crippen LogP contribution < -0.4 is 4.90 Å². The van der Waals surface area contributed by atoms with Crippen LogP contribution in [0.4, 0.5) is 5.82 Å². The van der Waals surface area contributed by atoms with Gasteiger partial charge >= 0.3 is 0 Å². The number of nitrogens with zero attached hydrogens (tertiary/aromatic N) is 8. The smallest absolute Gasteiger partial charge is 0.171 e. The summed E-state index contributed by atoms with van der Waals surface area (Å²) < 4.78 is 9.64. The maximum Gasteiger partial charge on any atom is 0.171 e. The van der Waals surface area contributed by atoms with Gasteiger partial charge < -0.3 is 19.2 Å². The van der Waals surface area contributed by atoms with Gasteiger partial charge in [0.05, 0.1) is 31.3 Å². The summed E-state index contributed by atoms with van der Waals surface area (Å²) in [7, 11) is 1.97. The first-order valence-corrected chi connectivity index (χ1v) is 10.6. The highest BCUT2D eigenvalue weighted by Crippen LogP contribution is 2.32. The van der Waals surface area contributed by atoms with E-state index in [4.69, 9.17) is 19.7 Å². The summed E-state index contributed by atoms with van der Waals surface area (Å²) in [5.41, 5.74) is 4.15. The lowest BCUT2D eigenvalue weighted by Crippen LogP contribution is -2.44. The zero-order valence-electron chi connectivity index (χ0n) is 18.1. The normalized spacial score (nSPS) is 17.0. The number of nitrogens with one attached hydrogen (secondary N) is 1. The third-order valence-corrected chi connectivity index (χ3v) is 6.03. The van der Waals surface area contributed by atoms with Crippen molar-refractivity contribution >= 4 is 28.0 Å². The molecule has 6 heterocycles. The lowest BCUT2D eigenvalue weighted by atomic mass is 10.1. The van der Waals surface area contributed by atoms with Crippen molar-refractivity contribution in [2.24, 2.45) is 7.05 Å². The zero-order chi connectivity index (χ0) is 21.8. The number of anilines is 1. The monoisotopic (exact) mass is 429 g/mol. The quantitative estimate of drug-likeness (QED) is 0.470. The number of rotatable bonds is 3. The highest BCUT2D eigenvalue weighted by atomic mass is 16.5. The molecule has 162 valence electrons. The van der Waals surface area contributed by atoms with Gasteiger partial charge in [-0.05, 0) is 26.0 Å². The van der Waals surface area contributed by atoms with Gasteiger partial charge in [-0.25, -0.2) is 24.9 Å². The predicted octanol–water partition coefficient (Wildman–Crippen LogP) is 2.63. The molecule has 0 radical (unpaired) electrons. The molecule has 6 rings (SSSR count). The van der Waals surface area contributed by atoms with E-state index in [2.05, 4.69) is 26.8 Å². The second kappa shape index (κ2) is 7.13. The van der Waals surface area contributed by atoms with Crippen LogP contribution in [0.1, 0.15) is 12.6 Å². The summed E-state index contributed by atoms with van der Waals surface area (Å²) in [6.45, 7) is 6.19. The summed E-state index contributed by atoms with van der Waals surface area (Å²) in [4.78, 5) is 29.1. The first kappa shape index (κ1) is 18.9. The van der Waals surface area contributed by atoms with Crippen LogP contribution in [0.25, 0.3) is 39.4 Å². The van der Waals surface area contributed by atoms with Gasteiger partial charge in [-0.15, -0.1) is 0 Å². The van der Waals surface area contributed by atoms with Crippen molar-refractivity contribution in [3.05, 3.63) is 42.9 Å². The third kappa shape index (κ3) is 2.79. The number of aryl methyl sites for hydroxylation is 2. The van der Waals surface area contributed by atoms with E-state index in [9.17, 15) is 0 Å². The number of pyridine rings is 1. The van der Waals surface area contributed by atoms with Crippen molar-refractivity contribution in [2.75, 3.05) is 24.7 Å². The number of H-pyrrole nitrogens is 1. The van der Waals surface area contributed by atoms with E-state index < -0.39 is 0 Å². The number of hydrogen-bond donors (Lipinski definition) is 1. The van der Waals surface area contributed by atoms with E-state index in [0.717, 1.165) is 51.6 Å². The van der Waals surface area contributed by atoms with Crippen molar-refractivity contribution in [1.29, 1.82) is 0 Å². The Labute approximate surface area is 183 Å². The average Bonchev–Trinajstić information content (AvgIpc) is 3.52. The van der Waals surface area contributed by atoms with Crippen molar-refractivity contribution in [2.45, 2.75) is 19.9 Å². The second-order valence-corrected chi connectivity index (χ2v) is 8.14. The van der Waals surface area contributed by atoms with Gasteiger partial charge in [0, 0.05) is 36.9 Å². The van der Waals surface area contributed by atoms with Gasteiger partial charge in [0.2, 0.25) is 0 Å². The average molecular weight is 429 g/mol. The van der Waals surface area contributed by atoms with Crippen molar-refractivity contribution in [3.63, 3.8) is 0 Å². The van der Waals surface area contributed by atoms with Crippen LogP contribution in [0.15, 0.2) is 37.2 Å². The molecule has 0 amide bonds. The number of hydrogen-bond acceptors (Lipinski definition) is 7. The lowest BCUT2D eigenvalue weighted by Gasteiger charge is -2.34. The highest BCUT2D eigenvalue weighted by molar-refractivity contribution is 5.94. The Morgan fingerprint density at radius 3 is 2.84 bits per heavy atom. The fourth-order valence-electron chi connectivity index (χ4n) is 4.44. The maximum absolute atomic E-state index is 5.67. The predicted molar refractivity (Wildman–Crippen MR) is 121 cm³/mol. The van der Waals surface area contributed by atoms with E-state index in [1.54, 1.807) is 18.9 Å². The van der Waals surface area contributed by atoms with Crippen LogP contribution in [0.5, 0.6) is 0 Å². The molecular formula is C22H23N9O. The number of fused-ring (bicyclic) bond motifs is 2. The van der Waals surface area contributed by atoms with Crippen LogP contribution in [-0.2, 0) is 11.8 Å². The molecule has 0 spiro atoms. The molecule has 1 fully saturated rings. The van der Waals surface area contributed by atoms with Crippen LogP contribution in [0.2, 0.25) is 0 Å². The topological polar surface area (TPSA) is 103 Å². The molecule has 5 aromatic rings. The Balaban J connectivity index is 1.65. The summed E-state index contributed by atoms with van der Waals surface area (Å²) in [6.07, 6.45) is 7.27. The molecule has 0 aromatic carbocycles. The largest absolute Gasteiger partial charge is 0.377 e. The minimum atomic E-state index is 0.183. The number of ether oxygens (including phenoxy) is 1. The van der Waals surface area contributed by atoms with Gasteiger partial charge in [-0.3, -0.25) is 4.57 Å². The standard InChI is InChI=1S/C22H23N9O/c1-13-10-32-9-8-30(13)20-17-21(31(12-26-17)22-14(2)25-11-29(22)3)28-19(27-20)16-5-7-24-18-15(16)4-6-23-18/h4-7,11-13H,8-10H2,1-3H3,(H,23,24)/t13-/m1/s1. The molecule has 10 heteroatoms. The molecule has 10 nitrogen and oxygen atoms in total. The minimum absolute atomic E-state index is 0.183. The first-order chi connectivity index (χ1) is 15.6. The number of aromatic nitrogens is 8. The molecule has 1 N–H and O–H groups in total. The van der Waals surface area contributed by atoms with Crippen molar-refractivity contribution in [3.8, 4) is 17.2 Å². The van der Waals surface area contributed by atoms with E-state index >= 15 is 0 Å². The molecule has 0 unspecified atom stereocenters. The molecular weight excluding hydrogens is 406 g/mol. The number of aromatic amines is 1. The Bertz CT molecular complexity index is 1430. The minimum Gasteiger partial charge on any atom is -0.377 e. The Hall–Kier alpha value is -3.79. The Morgan fingerprint density at radius 1 is 1.12 bits per heavy atom. The van der Waals surface area contributed by atoms with Gasteiger partial charge in [0.15, 0.2) is 22.8 Å². The lowest BCUT2D eigenvalue weighted by molar-refractivity contribution is 0.0987. The Kier molecular flexibility index (Phi) is 4.22. The van der Waals surface area contributed by atoms with Gasteiger partial charge in [0.25, 0.3) is 0 Å². The van der Waals surface area contributed by atoms with Crippen LogP contribution >= 0.6 is 0 Å². The summed E-state index contributed by atoms with van der Waals surface area (Å²) >= 11 is 0. The van der Waals surface area contributed by atoms with Gasteiger partial charge in [-0.1, -0.05) is 0 Å². The van der Waals surface area contributed by atoms with Gasteiger partial charge in [0.1, 0.15) is 17.8 Å². The van der Waals surface area contributed by atoms with E-state index in [1.807, 2.05) is 41.4 Å². The van der Waals surface area contributed by atoms with Crippen LogP contribution in [0, 0.1) is 6.92 Å². The molecule has 1 saturated heterocycles. The van der Waals surface area contributed by atoms with Crippen LogP contribution in [0.3, 0.4) is 0 Å². The molecule has 1 aliphatic heterocycles. The van der Waals surface area contributed by atoms with Crippen molar-refractivity contribution in [1.82, 2.24) is 39.0 Å². The Morgan fingerprint density at radius 2 is 2.03 bits per heavy atom. The molecule has 5 aromatic heterocycles. The second-order valence-electron chi connectivity index (χ2n) is 8.14. The number of imidazole rings is 2. The highest BCUT2D eigenvalue weighted by Gasteiger charge is 2.26. The SMILES string of the molecule is Cc1ncn(C)c1-n1cnc2c(N3CCOC[C@H]3C)nc(-c3ccnc4[nH]ccc34)nc21. The van der Waals surface area contributed by atoms with Gasteiger partial charge in [-0.2, -0.15) is 0 Å². The molecule has 0 saturated carbocycles. The number of morpholine rings is 1. The zero-order valence-corrected chi connectivity index (χ0v) is 18.1.